The Hall–Kier alpha value is -0.600. The molecule has 68 valence electrons. The predicted octanol–water partition coefficient (Wildman–Crippen LogP) is 2.03. The van der Waals surface area contributed by atoms with Crippen molar-refractivity contribution in [3.05, 3.63) is 0 Å². The number of hydrogen-bond donors (Lipinski definition) is 1. The Bertz CT molecular complexity index is 111. The van der Waals surface area contributed by atoms with Crippen molar-refractivity contribution in [3.8, 4) is 0 Å². The van der Waals surface area contributed by atoms with Gasteiger partial charge in [-0.05, 0) is 12.8 Å². The van der Waals surface area contributed by atoms with E-state index >= 15 is 0 Å². The maximum absolute atomic E-state index is 12.1. The number of nitrogens with two attached hydrogens (primary N) is 1. The number of primary amides is 1. The summed E-state index contributed by atoms with van der Waals surface area (Å²) in [6.07, 6.45) is 0.644. The normalized spacial score (nSPS) is 16.5. The zero-order valence-corrected chi connectivity index (χ0v) is 7.78. The van der Waals surface area contributed by atoms with Crippen molar-refractivity contribution in [1.82, 2.24) is 0 Å². The molecule has 0 saturated heterocycles. The van der Waals surface area contributed by atoms with E-state index in [0.717, 1.165) is 0 Å². The third-order valence-electron chi connectivity index (χ3n) is 1.13. The summed E-state index contributed by atoms with van der Waals surface area (Å²) in [4.78, 5) is 9.93. The van der Waals surface area contributed by atoms with Gasteiger partial charge in [0.05, 0.1) is 0 Å². The van der Waals surface area contributed by atoms with Crippen molar-refractivity contribution in [2.24, 2.45) is 5.73 Å². The van der Waals surface area contributed by atoms with E-state index in [1.54, 1.807) is 0 Å². The molecule has 11 heavy (non-hydrogen) atoms. The molecule has 0 aliphatic heterocycles. The van der Waals surface area contributed by atoms with Crippen molar-refractivity contribution < 1.29 is 9.18 Å². The predicted molar refractivity (Wildman–Crippen MR) is 45.0 cm³/mol. The molecule has 1 saturated carbocycles. The minimum absolute atomic E-state index is 0.322. The van der Waals surface area contributed by atoms with Gasteiger partial charge < -0.3 is 5.73 Å². The van der Waals surface area contributed by atoms with E-state index in [4.69, 9.17) is 0 Å². The minimum atomic E-state index is -1.61. The molecule has 0 radical (unpaired) electrons. The Kier molecular flexibility index (Phi) is 7.26. The van der Waals surface area contributed by atoms with Gasteiger partial charge in [0.15, 0.2) is 5.67 Å². The van der Waals surface area contributed by atoms with Gasteiger partial charge in [-0.25, -0.2) is 4.39 Å². The van der Waals surface area contributed by atoms with Gasteiger partial charge in [0.2, 0.25) is 0 Å². The summed E-state index contributed by atoms with van der Waals surface area (Å²) in [6, 6.07) is 0. The molecule has 1 aliphatic rings. The van der Waals surface area contributed by atoms with E-state index in [0.29, 0.717) is 12.8 Å². The summed E-state index contributed by atoms with van der Waals surface area (Å²) in [6.45, 7) is 8.00. The standard InChI is InChI=1S/C4H6FNO.2C2H6/c5-4(1-2-4)3(6)7;2*1-2/h1-2H2,(H2,6,7);2*1-2H3. The summed E-state index contributed by atoms with van der Waals surface area (Å²) in [5.74, 6) is -0.812. The summed E-state index contributed by atoms with van der Waals surface area (Å²) < 4.78 is 12.1. The molecule has 1 rings (SSSR count). The molecule has 2 nitrogen and oxygen atoms in total. The van der Waals surface area contributed by atoms with Gasteiger partial charge in [-0.2, -0.15) is 0 Å². The lowest BCUT2D eigenvalue weighted by Crippen LogP contribution is -2.25. The van der Waals surface area contributed by atoms with Crippen molar-refractivity contribution in [1.29, 1.82) is 0 Å². The first-order valence-corrected chi connectivity index (χ1v) is 4.14. The maximum Gasteiger partial charge on any atom is 0.255 e. The van der Waals surface area contributed by atoms with E-state index in [-0.39, 0.29) is 0 Å². The van der Waals surface area contributed by atoms with Gasteiger partial charge in [0.1, 0.15) is 0 Å². The maximum atomic E-state index is 12.1. The van der Waals surface area contributed by atoms with E-state index in [9.17, 15) is 9.18 Å². The number of hydrogen-bond acceptors (Lipinski definition) is 1. The largest absolute Gasteiger partial charge is 0.367 e. The van der Waals surface area contributed by atoms with Crippen molar-refractivity contribution in [2.75, 3.05) is 0 Å². The van der Waals surface area contributed by atoms with E-state index < -0.39 is 11.6 Å². The van der Waals surface area contributed by atoms with Crippen molar-refractivity contribution >= 4 is 5.91 Å². The molecule has 3 heteroatoms. The molecule has 1 aliphatic carbocycles. The highest BCUT2D eigenvalue weighted by atomic mass is 19.1. The molecule has 0 aromatic rings. The third-order valence-corrected chi connectivity index (χ3v) is 1.13. The smallest absolute Gasteiger partial charge is 0.255 e. The van der Waals surface area contributed by atoms with E-state index in [2.05, 4.69) is 5.73 Å². The van der Waals surface area contributed by atoms with Gasteiger partial charge in [0.25, 0.3) is 5.91 Å². The topological polar surface area (TPSA) is 43.1 Å². The fourth-order valence-electron chi connectivity index (χ4n) is 0.356. The second-order valence-corrected chi connectivity index (χ2v) is 1.83. The number of amides is 1. The molecule has 2 N–H and O–H groups in total. The molecule has 1 fully saturated rings. The quantitative estimate of drug-likeness (QED) is 0.631. The van der Waals surface area contributed by atoms with E-state index in [1.165, 1.54) is 0 Å². The lowest BCUT2D eigenvalue weighted by molar-refractivity contribution is -0.124. The zero-order valence-electron chi connectivity index (χ0n) is 7.78. The van der Waals surface area contributed by atoms with Crippen LogP contribution in [0.25, 0.3) is 0 Å². The molecule has 0 spiro atoms. The summed E-state index contributed by atoms with van der Waals surface area (Å²) >= 11 is 0. The molecule has 0 aromatic carbocycles. The second-order valence-electron chi connectivity index (χ2n) is 1.83. The number of halogens is 1. The Labute approximate surface area is 68.0 Å². The zero-order chi connectivity index (χ0) is 9.49. The monoisotopic (exact) mass is 163 g/mol. The molecule has 0 atom stereocenters. The average Bonchev–Trinajstić information content (AvgIpc) is 2.78. The van der Waals surface area contributed by atoms with Crippen LogP contribution in [0, 0.1) is 0 Å². The molecule has 0 unspecified atom stereocenters. The van der Waals surface area contributed by atoms with Crippen LogP contribution in [0.3, 0.4) is 0 Å². The fraction of sp³-hybridized carbons (Fsp3) is 0.875. The fourth-order valence-corrected chi connectivity index (χ4v) is 0.356. The number of alkyl halides is 1. The van der Waals surface area contributed by atoms with Gasteiger partial charge in [-0.15, -0.1) is 0 Å². The highest BCUT2D eigenvalue weighted by Crippen LogP contribution is 2.38. The Morgan fingerprint density at radius 2 is 1.55 bits per heavy atom. The average molecular weight is 163 g/mol. The van der Waals surface area contributed by atoms with E-state index in [1.807, 2.05) is 27.7 Å². The number of rotatable bonds is 1. The Morgan fingerprint density at radius 1 is 1.27 bits per heavy atom. The van der Waals surface area contributed by atoms with Crippen LogP contribution in [0.1, 0.15) is 40.5 Å². The van der Waals surface area contributed by atoms with Crippen LogP contribution in [0.2, 0.25) is 0 Å². The van der Waals surface area contributed by atoms with Crippen LogP contribution >= 0.6 is 0 Å². The first kappa shape index (κ1) is 13.0. The first-order chi connectivity index (χ1) is 5.15. The third kappa shape index (κ3) is 4.76. The highest BCUT2D eigenvalue weighted by molar-refractivity contribution is 5.86. The van der Waals surface area contributed by atoms with Crippen LogP contribution in [0.15, 0.2) is 0 Å². The molecule has 0 heterocycles. The lowest BCUT2D eigenvalue weighted by atomic mass is 10.4. The molecule has 1 amide bonds. The second kappa shape index (κ2) is 6.13. The first-order valence-electron chi connectivity index (χ1n) is 4.14. The van der Waals surface area contributed by atoms with Crippen LogP contribution in [0.4, 0.5) is 4.39 Å². The summed E-state index contributed by atoms with van der Waals surface area (Å²) in [5, 5.41) is 0. The van der Waals surface area contributed by atoms with Gasteiger partial charge in [-0.1, -0.05) is 27.7 Å². The molecular weight excluding hydrogens is 145 g/mol. The summed E-state index contributed by atoms with van der Waals surface area (Å²) in [7, 11) is 0. The van der Waals surface area contributed by atoms with Gasteiger partial charge in [-0.3, -0.25) is 4.79 Å². The number of carbonyl (C=O) groups is 1. The van der Waals surface area contributed by atoms with Gasteiger partial charge in [0, 0.05) is 0 Å². The van der Waals surface area contributed by atoms with Crippen LogP contribution in [-0.2, 0) is 4.79 Å². The minimum Gasteiger partial charge on any atom is -0.367 e. The Morgan fingerprint density at radius 3 is 1.55 bits per heavy atom. The van der Waals surface area contributed by atoms with Crippen LogP contribution < -0.4 is 5.73 Å². The van der Waals surface area contributed by atoms with Gasteiger partial charge >= 0.3 is 0 Å². The van der Waals surface area contributed by atoms with Crippen molar-refractivity contribution in [2.45, 2.75) is 46.2 Å². The van der Waals surface area contributed by atoms with Crippen molar-refractivity contribution in [3.63, 3.8) is 0 Å². The highest BCUT2D eigenvalue weighted by Gasteiger charge is 2.49. The molecule has 0 bridgehead atoms. The summed E-state index contributed by atoms with van der Waals surface area (Å²) in [5.41, 5.74) is 3.01. The SMILES string of the molecule is CC.CC.NC(=O)C1(F)CC1. The molecule has 0 aromatic heterocycles. The lowest BCUT2D eigenvalue weighted by Gasteiger charge is -1.91. The van der Waals surface area contributed by atoms with Crippen LogP contribution in [0.5, 0.6) is 0 Å². The number of carbonyl (C=O) groups excluding carboxylic acids is 1. The van der Waals surface area contributed by atoms with Crippen LogP contribution in [-0.4, -0.2) is 11.6 Å². The Balaban J connectivity index is 0. The molecular formula is C8H18FNO.